The summed E-state index contributed by atoms with van der Waals surface area (Å²) in [5.74, 6) is -1.19. The number of carbonyl (C=O) groups is 1. The number of nitrogens with one attached hydrogen (secondary N) is 2. The summed E-state index contributed by atoms with van der Waals surface area (Å²) >= 11 is 0. The van der Waals surface area contributed by atoms with E-state index in [1.54, 1.807) is 12.1 Å². The lowest BCUT2D eigenvalue weighted by molar-refractivity contribution is 0.0697. The number of anilines is 1. The molecule has 3 N–H and O–H groups in total. The molecule has 0 heterocycles. The highest BCUT2D eigenvalue weighted by Crippen LogP contribution is 2.21. The lowest BCUT2D eigenvalue weighted by Crippen LogP contribution is -2.23. The van der Waals surface area contributed by atoms with Gasteiger partial charge in [0.2, 0.25) is 10.0 Å². The normalized spacial score (nSPS) is 11.3. The Labute approximate surface area is 159 Å². The maximum atomic E-state index is 12.5. The first kappa shape index (κ1) is 20.9. The van der Waals surface area contributed by atoms with Crippen LogP contribution in [-0.2, 0) is 21.3 Å². The first-order valence-electron chi connectivity index (χ1n) is 8.66. The molecule has 27 heavy (non-hydrogen) atoms. The molecule has 0 spiro atoms. The molecule has 146 valence electrons. The summed E-state index contributed by atoms with van der Waals surface area (Å²) < 4.78 is 32.7. The van der Waals surface area contributed by atoms with Crippen molar-refractivity contribution < 1.29 is 23.1 Å². The Morgan fingerprint density at radius 1 is 1.15 bits per heavy atom. The predicted octanol–water partition coefficient (Wildman–Crippen LogP) is 2.70. The molecular formula is C19H24N2O5S. The van der Waals surface area contributed by atoms with Crippen LogP contribution >= 0.6 is 0 Å². The van der Waals surface area contributed by atoms with Gasteiger partial charge in [0.1, 0.15) is 0 Å². The molecule has 2 aromatic rings. The molecule has 0 aliphatic rings. The van der Waals surface area contributed by atoms with Gasteiger partial charge in [-0.1, -0.05) is 30.3 Å². The second-order valence-corrected chi connectivity index (χ2v) is 7.57. The number of aromatic carboxylic acids is 1. The van der Waals surface area contributed by atoms with Crippen molar-refractivity contribution in [1.29, 1.82) is 0 Å². The molecule has 0 saturated carbocycles. The molecular weight excluding hydrogens is 368 g/mol. The van der Waals surface area contributed by atoms with Crippen LogP contribution in [-0.4, -0.2) is 39.3 Å². The molecule has 2 rings (SSSR count). The maximum absolute atomic E-state index is 12.5. The Hall–Kier alpha value is -2.42. The summed E-state index contributed by atoms with van der Waals surface area (Å²) in [6.07, 6.45) is 0.714. The average Bonchev–Trinajstić information content (AvgIpc) is 2.67. The molecule has 0 fully saturated rings. The van der Waals surface area contributed by atoms with E-state index in [1.807, 2.05) is 25.1 Å². The summed E-state index contributed by atoms with van der Waals surface area (Å²) in [5, 5.41) is 12.4. The Balaban J connectivity index is 2.10. The molecule has 0 aliphatic carbocycles. The van der Waals surface area contributed by atoms with Gasteiger partial charge in [0, 0.05) is 32.0 Å². The molecule has 0 aliphatic heterocycles. The second kappa shape index (κ2) is 10.1. The van der Waals surface area contributed by atoms with Crippen LogP contribution in [0.2, 0.25) is 0 Å². The third-order valence-electron chi connectivity index (χ3n) is 3.83. The second-order valence-electron chi connectivity index (χ2n) is 5.80. The number of carboxylic acids is 1. The maximum Gasteiger partial charge on any atom is 0.337 e. The minimum atomic E-state index is -3.82. The van der Waals surface area contributed by atoms with Gasteiger partial charge in [-0.2, -0.15) is 0 Å². The Kier molecular flexibility index (Phi) is 7.78. The fourth-order valence-electron chi connectivity index (χ4n) is 2.42. The third-order valence-corrected chi connectivity index (χ3v) is 5.22. The van der Waals surface area contributed by atoms with Crippen LogP contribution in [0.4, 0.5) is 5.69 Å². The predicted molar refractivity (Wildman–Crippen MR) is 103 cm³/mol. The summed E-state index contributed by atoms with van der Waals surface area (Å²) in [7, 11) is -3.82. The van der Waals surface area contributed by atoms with Crippen LogP contribution in [0.15, 0.2) is 53.4 Å². The van der Waals surface area contributed by atoms with Gasteiger partial charge in [-0.3, -0.25) is 0 Å². The first-order chi connectivity index (χ1) is 12.9. The fraction of sp³-hybridized carbons (Fsp3) is 0.316. The standard InChI is InChI=1S/C19H24N2O5S/c1-2-26-12-6-11-20-18-10-9-16(13-17(18)19(22)23)27(24,25)21-14-15-7-4-3-5-8-15/h3-5,7-10,13,20-21H,2,6,11-12,14H2,1H3,(H,22,23). The quantitative estimate of drug-likeness (QED) is 0.508. The van der Waals surface area contributed by atoms with Gasteiger partial charge >= 0.3 is 5.97 Å². The van der Waals surface area contributed by atoms with E-state index in [0.29, 0.717) is 31.9 Å². The Morgan fingerprint density at radius 2 is 1.89 bits per heavy atom. The third kappa shape index (κ3) is 6.35. The van der Waals surface area contributed by atoms with Gasteiger partial charge in [-0.15, -0.1) is 0 Å². The molecule has 0 atom stereocenters. The van der Waals surface area contributed by atoms with Crippen molar-refractivity contribution in [3.63, 3.8) is 0 Å². The smallest absolute Gasteiger partial charge is 0.337 e. The van der Waals surface area contributed by atoms with E-state index in [4.69, 9.17) is 4.74 Å². The van der Waals surface area contributed by atoms with Crippen molar-refractivity contribution in [3.05, 3.63) is 59.7 Å². The molecule has 0 bridgehead atoms. The van der Waals surface area contributed by atoms with E-state index in [0.717, 1.165) is 5.56 Å². The first-order valence-corrected chi connectivity index (χ1v) is 10.1. The highest BCUT2D eigenvalue weighted by atomic mass is 32.2. The molecule has 0 radical (unpaired) electrons. The van der Waals surface area contributed by atoms with E-state index in [-0.39, 0.29) is 17.0 Å². The van der Waals surface area contributed by atoms with Gasteiger partial charge in [0.05, 0.1) is 10.5 Å². The van der Waals surface area contributed by atoms with Crippen LogP contribution in [0.1, 0.15) is 29.3 Å². The highest BCUT2D eigenvalue weighted by Gasteiger charge is 2.18. The van der Waals surface area contributed by atoms with E-state index in [2.05, 4.69) is 10.0 Å². The van der Waals surface area contributed by atoms with E-state index < -0.39 is 16.0 Å². The van der Waals surface area contributed by atoms with Crippen LogP contribution in [0.25, 0.3) is 0 Å². The van der Waals surface area contributed by atoms with Crippen molar-refractivity contribution in [1.82, 2.24) is 4.72 Å². The number of carboxylic acid groups (broad SMARTS) is 1. The monoisotopic (exact) mass is 392 g/mol. The van der Waals surface area contributed by atoms with Crippen molar-refractivity contribution in [2.75, 3.05) is 25.1 Å². The van der Waals surface area contributed by atoms with E-state index >= 15 is 0 Å². The number of benzene rings is 2. The average molecular weight is 392 g/mol. The molecule has 0 aromatic heterocycles. The van der Waals surface area contributed by atoms with Crippen molar-refractivity contribution in [2.24, 2.45) is 0 Å². The van der Waals surface area contributed by atoms with Crippen molar-refractivity contribution >= 4 is 21.7 Å². The van der Waals surface area contributed by atoms with Crippen LogP contribution < -0.4 is 10.0 Å². The van der Waals surface area contributed by atoms with Crippen molar-refractivity contribution in [3.8, 4) is 0 Å². The number of sulfonamides is 1. The van der Waals surface area contributed by atoms with Gasteiger partial charge in [-0.25, -0.2) is 17.9 Å². The highest BCUT2D eigenvalue weighted by molar-refractivity contribution is 7.89. The minimum absolute atomic E-state index is 0.0873. The Morgan fingerprint density at radius 3 is 2.56 bits per heavy atom. The summed E-state index contributed by atoms with van der Waals surface area (Å²) in [6, 6.07) is 13.1. The lowest BCUT2D eigenvalue weighted by atomic mass is 10.2. The molecule has 8 heteroatoms. The van der Waals surface area contributed by atoms with Gasteiger partial charge in [0.15, 0.2) is 0 Å². The zero-order valence-electron chi connectivity index (χ0n) is 15.1. The minimum Gasteiger partial charge on any atom is -0.478 e. The van der Waals surface area contributed by atoms with Gasteiger partial charge in [-0.05, 0) is 37.1 Å². The van der Waals surface area contributed by atoms with Crippen LogP contribution in [0.3, 0.4) is 0 Å². The van der Waals surface area contributed by atoms with Crippen LogP contribution in [0, 0.1) is 0 Å². The molecule has 0 amide bonds. The molecule has 2 aromatic carbocycles. The number of hydrogen-bond donors (Lipinski definition) is 3. The Bertz CT molecular complexity index is 854. The van der Waals surface area contributed by atoms with E-state index in [9.17, 15) is 18.3 Å². The number of ether oxygens (including phenoxy) is 1. The van der Waals surface area contributed by atoms with Crippen molar-refractivity contribution in [2.45, 2.75) is 24.8 Å². The lowest BCUT2D eigenvalue weighted by Gasteiger charge is -2.12. The summed E-state index contributed by atoms with van der Waals surface area (Å²) in [4.78, 5) is 11.4. The topological polar surface area (TPSA) is 105 Å². The number of rotatable bonds is 11. The number of hydrogen-bond acceptors (Lipinski definition) is 5. The van der Waals surface area contributed by atoms with E-state index in [1.165, 1.54) is 18.2 Å². The zero-order valence-corrected chi connectivity index (χ0v) is 16.0. The molecule has 7 nitrogen and oxygen atoms in total. The summed E-state index contributed by atoms with van der Waals surface area (Å²) in [5.41, 5.74) is 1.10. The molecule has 0 unspecified atom stereocenters. The molecule has 0 saturated heterocycles. The van der Waals surface area contributed by atoms with Crippen LogP contribution in [0.5, 0.6) is 0 Å². The summed E-state index contributed by atoms with van der Waals surface area (Å²) in [6.45, 7) is 3.76. The van der Waals surface area contributed by atoms with Gasteiger partial charge in [0.25, 0.3) is 0 Å². The largest absolute Gasteiger partial charge is 0.478 e. The zero-order chi connectivity index (χ0) is 19.7. The SMILES string of the molecule is CCOCCCNc1ccc(S(=O)(=O)NCc2ccccc2)cc1C(=O)O. The fourth-order valence-corrected chi connectivity index (χ4v) is 3.46. The van der Waals surface area contributed by atoms with Gasteiger partial charge < -0.3 is 15.2 Å².